The van der Waals surface area contributed by atoms with Crippen LogP contribution in [0, 0.1) is 5.82 Å². The molecule has 1 aromatic heterocycles. The molecule has 0 saturated carbocycles. The zero-order chi connectivity index (χ0) is 23.3. The van der Waals surface area contributed by atoms with Crippen LogP contribution in [-0.4, -0.2) is 62.9 Å². The minimum atomic E-state index is -2.28. The molecular weight excluding hydrogens is 420 g/mol. The van der Waals surface area contributed by atoms with E-state index in [1.54, 1.807) is 6.07 Å². The second-order valence-electron chi connectivity index (χ2n) is 9.20. The Bertz CT molecular complexity index is 1110. The maximum atomic E-state index is 14.6. The van der Waals surface area contributed by atoms with Gasteiger partial charge in [0.25, 0.3) is 5.91 Å². The number of nitrogens with zero attached hydrogens (tertiary/aromatic N) is 3. The van der Waals surface area contributed by atoms with E-state index in [1.807, 2.05) is 23.5 Å². The number of rotatable bonds is 5. The molecule has 0 bridgehead atoms. The number of benzene rings is 1. The summed E-state index contributed by atoms with van der Waals surface area (Å²) in [5, 5.41) is 2.13. The number of anilines is 1. The molecule has 1 aliphatic heterocycles. The van der Waals surface area contributed by atoms with Crippen LogP contribution in [0.4, 0.5) is 18.9 Å². The number of hydrogen-bond acceptors (Lipinski definition) is 6. The minimum Gasteiger partial charge on any atom is -0.498 e. The van der Waals surface area contributed by atoms with E-state index >= 15 is 0 Å². The summed E-state index contributed by atoms with van der Waals surface area (Å²) in [7, 11) is 5.57. The van der Waals surface area contributed by atoms with Crippen LogP contribution in [0.15, 0.2) is 29.5 Å². The van der Waals surface area contributed by atoms with Gasteiger partial charge in [-0.15, -0.1) is 0 Å². The van der Waals surface area contributed by atoms with Crippen molar-refractivity contribution < 1.29 is 22.7 Å². The van der Waals surface area contributed by atoms with Gasteiger partial charge in [0.15, 0.2) is 5.67 Å². The smallest absolute Gasteiger partial charge is 0.275 e. The number of carbonyl (C=O) groups excluding carboxylic acids is 1. The quantitative estimate of drug-likeness (QED) is 0.601. The Morgan fingerprint density at radius 1 is 1.25 bits per heavy atom. The molecule has 164 valence electrons. The lowest BCUT2D eigenvalue weighted by molar-refractivity contribution is 0.102. The van der Waals surface area contributed by atoms with E-state index in [9.17, 15) is 18.0 Å². The summed E-state index contributed by atoms with van der Waals surface area (Å²) in [6, 6.07) is 2.78. The van der Waals surface area contributed by atoms with E-state index in [-0.39, 0.29) is 36.5 Å². The molecule has 0 saturated heterocycles. The number of carbonyl (C=O) groups is 1. The minimum absolute atomic E-state index is 0.0224. The van der Waals surface area contributed by atoms with Crippen molar-refractivity contribution in [2.24, 2.45) is 10.7 Å². The fourth-order valence-corrected chi connectivity index (χ4v) is 3.96. The molecule has 1 aliphatic carbocycles. The highest BCUT2D eigenvalue weighted by molar-refractivity contribution is 6.58. The first-order valence-electron chi connectivity index (χ1n) is 10.2. The second kappa shape index (κ2) is 7.56. The van der Waals surface area contributed by atoms with Crippen molar-refractivity contribution in [3.05, 3.63) is 47.2 Å². The van der Waals surface area contributed by atoms with Crippen molar-refractivity contribution >= 4 is 41.0 Å². The molecule has 1 amide bonds. The fraction of sp³-hybridized carbons (Fsp3) is 0.368. The molecule has 0 fully saturated rings. The van der Waals surface area contributed by atoms with Crippen LogP contribution in [0.3, 0.4) is 0 Å². The van der Waals surface area contributed by atoms with Gasteiger partial charge in [-0.3, -0.25) is 9.79 Å². The number of aromatic nitrogens is 2. The van der Waals surface area contributed by atoms with Gasteiger partial charge in [0, 0.05) is 17.4 Å². The Labute approximate surface area is 185 Å². The number of amides is 1. The molecule has 2 aromatic rings. The zero-order valence-electron chi connectivity index (χ0n) is 18.0. The molecule has 0 unspecified atom stereocenters. The number of nitrogens with one attached hydrogen (secondary N) is 1. The summed E-state index contributed by atoms with van der Waals surface area (Å²) in [5.74, 6) is -1.24. The zero-order valence-corrected chi connectivity index (χ0v) is 18.0. The monoisotopic (exact) mass is 441 g/mol. The molecule has 4 rings (SSSR count). The van der Waals surface area contributed by atoms with Crippen LogP contribution in [0.5, 0.6) is 5.88 Å². The van der Waals surface area contributed by atoms with Crippen molar-refractivity contribution in [3.63, 3.8) is 0 Å². The van der Waals surface area contributed by atoms with E-state index in [0.29, 0.717) is 11.1 Å². The number of alkyl halides is 2. The van der Waals surface area contributed by atoms with Gasteiger partial charge in [0.1, 0.15) is 47.6 Å². The summed E-state index contributed by atoms with van der Waals surface area (Å²) in [6.45, 7) is -1.25. The fourth-order valence-electron chi connectivity index (χ4n) is 3.96. The number of nitrogens with two attached hydrogens (primary N) is 1. The predicted octanol–water partition coefficient (Wildman–Crippen LogP) is -0.662. The van der Waals surface area contributed by atoms with Gasteiger partial charge in [0.2, 0.25) is 5.88 Å². The number of hydrogen-bond donors (Lipinski definition) is 2. The van der Waals surface area contributed by atoms with Crippen molar-refractivity contribution in [2.75, 3.05) is 12.0 Å². The van der Waals surface area contributed by atoms with Gasteiger partial charge in [-0.2, -0.15) is 0 Å². The second-order valence-corrected chi connectivity index (χ2v) is 9.20. The molecule has 2 aliphatic rings. The third-order valence-corrected chi connectivity index (χ3v) is 5.64. The summed E-state index contributed by atoms with van der Waals surface area (Å²) in [5.41, 5.74) is 3.66. The van der Waals surface area contributed by atoms with Gasteiger partial charge in [0.05, 0.1) is 17.9 Å². The Hall–Kier alpha value is -2.98. The standard InChI is InChI=1S/C19H21B3F3N5O2/c20-19(21,22)32-14-7-27-13(6-28-14)15(31)29-9-3-11-10(12(24)4-9)5-18(11)2-1-17(25,8-23)16(26)30-18/h3-4,6-7H,1-2,5,8,20-22H2,(H2,26,30)(H,29,31)/t17-,18-/m1/s1. The molecule has 2 atom stereocenters. The average molecular weight is 441 g/mol. The third kappa shape index (κ3) is 3.96. The van der Waals surface area contributed by atoms with E-state index in [1.165, 1.54) is 18.5 Å². The first kappa shape index (κ1) is 22.2. The predicted molar refractivity (Wildman–Crippen MR) is 121 cm³/mol. The first-order chi connectivity index (χ1) is 14.9. The highest BCUT2D eigenvalue weighted by Gasteiger charge is 2.51. The number of fused-ring (bicyclic) bond motifs is 2. The molecule has 3 N–H and O–H groups in total. The molecule has 32 heavy (non-hydrogen) atoms. The lowest BCUT2D eigenvalue weighted by atomic mass is 9.52. The Morgan fingerprint density at radius 2 is 2.00 bits per heavy atom. The maximum Gasteiger partial charge on any atom is 0.275 e. The average Bonchev–Trinajstić information content (AvgIpc) is 2.71. The van der Waals surface area contributed by atoms with Crippen LogP contribution >= 0.6 is 0 Å². The summed E-state index contributed by atoms with van der Waals surface area (Å²) < 4.78 is 47.7. The molecule has 1 aromatic carbocycles. The molecule has 2 heterocycles. The van der Waals surface area contributed by atoms with E-state index in [0.717, 1.165) is 0 Å². The number of ether oxygens (including phenoxy) is 1. The number of amidine groups is 1. The van der Waals surface area contributed by atoms with Crippen molar-refractivity contribution in [1.29, 1.82) is 0 Å². The van der Waals surface area contributed by atoms with Gasteiger partial charge in [-0.25, -0.2) is 23.1 Å². The van der Waals surface area contributed by atoms with Crippen LogP contribution in [0.1, 0.15) is 34.5 Å². The van der Waals surface area contributed by atoms with Crippen molar-refractivity contribution in [1.82, 2.24) is 9.97 Å². The van der Waals surface area contributed by atoms with Crippen LogP contribution in [0.25, 0.3) is 0 Å². The normalized spacial score (nSPS) is 24.3. The summed E-state index contributed by atoms with van der Waals surface area (Å²) in [6.07, 6.45) is 2.89. The molecular formula is C19H21B3F3N5O2. The van der Waals surface area contributed by atoms with Crippen LogP contribution in [0.2, 0.25) is 0 Å². The highest BCUT2D eigenvalue weighted by atomic mass is 19.2. The number of halogens is 3. The Morgan fingerprint density at radius 3 is 2.59 bits per heavy atom. The third-order valence-electron chi connectivity index (χ3n) is 5.64. The summed E-state index contributed by atoms with van der Waals surface area (Å²) >= 11 is 0. The topological polar surface area (TPSA) is 102 Å². The molecule has 1 spiro atoms. The molecule has 0 radical (unpaired) electrons. The van der Waals surface area contributed by atoms with Gasteiger partial charge in [-0.1, -0.05) is 0 Å². The maximum absolute atomic E-state index is 14.6. The lowest BCUT2D eigenvalue weighted by Gasteiger charge is -2.46. The lowest BCUT2D eigenvalue weighted by Crippen LogP contribution is -2.52. The number of aliphatic imine (C=N–C) groups is 1. The Kier molecular flexibility index (Phi) is 5.25. The van der Waals surface area contributed by atoms with E-state index in [2.05, 4.69) is 20.3 Å². The SMILES string of the molecule is BC(B)(B)Oc1cnc(C(=O)Nc2cc(F)c3c(c2)[C@@]2(CC[C@@](F)(CF)C(N)=N2)C3)cn1. The van der Waals surface area contributed by atoms with Crippen molar-refractivity contribution in [2.45, 2.75) is 35.8 Å². The van der Waals surface area contributed by atoms with E-state index < -0.39 is 40.7 Å². The summed E-state index contributed by atoms with van der Waals surface area (Å²) in [4.78, 5) is 24.9. The van der Waals surface area contributed by atoms with Gasteiger partial charge >= 0.3 is 0 Å². The van der Waals surface area contributed by atoms with Crippen LogP contribution < -0.4 is 15.8 Å². The van der Waals surface area contributed by atoms with Crippen molar-refractivity contribution in [3.8, 4) is 5.88 Å². The Balaban J connectivity index is 1.55. The highest BCUT2D eigenvalue weighted by Crippen LogP contribution is 2.51. The molecule has 7 nitrogen and oxygen atoms in total. The van der Waals surface area contributed by atoms with Gasteiger partial charge in [-0.05, 0) is 36.1 Å². The van der Waals surface area contributed by atoms with E-state index in [4.69, 9.17) is 10.5 Å². The first-order valence-corrected chi connectivity index (χ1v) is 10.2. The van der Waals surface area contributed by atoms with Crippen LogP contribution in [-0.2, 0) is 12.0 Å². The van der Waals surface area contributed by atoms with Gasteiger partial charge < -0.3 is 15.8 Å². The largest absolute Gasteiger partial charge is 0.498 e. The molecule has 13 heteroatoms.